The SMILES string of the molecule is CC(C)C(C)Nc1cc(N)ncn1. The third kappa shape index (κ3) is 2.89. The highest BCUT2D eigenvalue weighted by Gasteiger charge is 2.06. The Labute approximate surface area is 78.6 Å². The van der Waals surface area contributed by atoms with E-state index < -0.39 is 0 Å². The topological polar surface area (TPSA) is 63.8 Å². The Kier molecular flexibility index (Phi) is 3.06. The van der Waals surface area contributed by atoms with Gasteiger partial charge in [-0.15, -0.1) is 0 Å². The van der Waals surface area contributed by atoms with Gasteiger partial charge in [-0.1, -0.05) is 13.8 Å². The van der Waals surface area contributed by atoms with Crippen molar-refractivity contribution in [3.8, 4) is 0 Å². The second-order valence-corrected chi connectivity index (χ2v) is 3.51. The zero-order valence-corrected chi connectivity index (χ0v) is 8.28. The Morgan fingerprint density at radius 1 is 1.31 bits per heavy atom. The Morgan fingerprint density at radius 3 is 2.54 bits per heavy atom. The van der Waals surface area contributed by atoms with Gasteiger partial charge in [0.25, 0.3) is 0 Å². The van der Waals surface area contributed by atoms with E-state index in [0.29, 0.717) is 17.8 Å². The smallest absolute Gasteiger partial charge is 0.131 e. The molecule has 1 unspecified atom stereocenters. The molecule has 0 aliphatic carbocycles. The molecule has 3 N–H and O–H groups in total. The molecule has 13 heavy (non-hydrogen) atoms. The van der Waals surface area contributed by atoms with Gasteiger partial charge in [-0.2, -0.15) is 0 Å². The number of nitrogens with two attached hydrogens (primary N) is 1. The van der Waals surface area contributed by atoms with Gasteiger partial charge in [-0.25, -0.2) is 9.97 Å². The summed E-state index contributed by atoms with van der Waals surface area (Å²) in [7, 11) is 0. The van der Waals surface area contributed by atoms with E-state index in [1.165, 1.54) is 6.33 Å². The molecular formula is C9H16N4. The van der Waals surface area contributed by atoms with Crippen molar-refractivity contribution in [2.75, 3.05) is 11.1 Å². The number of rotatable bonds is 3. The first-order valence-electron chi connectivity index (χ1n) is 4.43. The number of aromatic nitrogens is 2. The lowest BCUT2D eigenvalue weighted by molar-refractivity contribution is 0.558. The fourth-order valence-corrected chi connectivity index (χ4v) is 0.851. The van der Waals surface area contributed by atoms with Gasteiger partial charge >= 0.3 is 0 Å². The number of nitrogens with one attached hydrogen (secondary N) is 1. The van der Waals surface area contributed by atoms with Crippen molar-refractivity contribution in [2.24, 2.45) is 5.92 Å². The largest absolute Gasteiger partial charge is 0.384 e. The van der Waals surface area contributed by atoms with Crippen molar-refractivity contribution in [3.05, 3.63) is 12.4 Å². The van der Waals surface area contributed by atoms with Crippen molar-refractivity contribution in [2.45, 2.75) is 26.8 Å². The standard InChI is InChI=1S/C9H16N4/c1-6(2)7(3)13-9-4-8(10)11-5-12-9/h4-7H,1-3H3,(H3,10,11,12,13). The van der Waals surface area contributed by atoms with Crippen LogP contribution >= 0.6 is 0 Å². The Bertz CT molecular complexity index is 272. The van der Waals surface area contributed by atoms with Gasteiger partial charge in [0, 0.05) is 12.1 Å². The van der Waals surface area contributed by atoms with Gasteiger partial charge in [0.05, 0.1) is 0 Å². The Hall–Kier alpha value is -1.32. The molecule has 0 aliphatic rings. The normalized spacial score (nSPS) is 12.9. The number of anilines is 2. The van der Waals surface area contributed by atoms with Gasteiger partial charge in [0.1, 0.15) is 18.0 Å². The summed E-state index contributed by atoms with van der Waals surface area (Å²) in [4.78, 5) is 7.88. The predicted molar refractivity (Wildman–Crippen MR) is 54.4 cm³/mol. The molecule has 0 bridgehead atoms. The van der Waals surface area contributed by atoms with Crippen LogP contribution in [0.2, 0.25) is 0 Å². The first-order chi connectivity index (χ1) is 6.09. The van der Waals surface area contributed by atoms with Crippen LogP contribution in [-0.4, -0.2) is 16.0 Å². The Balaban J connectivity index is 2.64. The van der Waals surface area contributed by atoms with Crippen molar-refractivity contribution < 1.29 is 0 Å². The first kappa shape index (κ1) is 9.77. The van der Waals surface area contributed by atoms with Crippen LogP contribution in [0.1, 0.15) is 20.8 Å². The molecule has 4 heteroatoms. The molecule has 72 valence electrons. The van der Waals surface area contributed by atoms with Crippen LogP contribution in [0.4, 0.5) is 11.6 Å². The predicted octanol–water partition coefficient (Wildman–Crippen LogP) is 1.52. The maximum atomic E-state index is 5.52. The van der Waals surface area contributed by atoms with E-state index >= 15 is 0 Å². The molecule has 1 heterocycles. The number of hydrogen-bond donors (Lipinski definition) is 2. The summed E-state index contributed by atoms with van der Waals surface area (Å²) in [5.74, 6) is 1.85. The summed E-state index contributed by atoms with van der Waals surface area (Å²) in [5.41, 5.74) is 5.52. The lowest BCUT2D eigenvalue weighted by atomic mass is 10.1. The van der Waals surface area contributed by atoms with Crippen molar-refractivity contribution >= 4 is 11.6 Å². The molecule has 0 amide bonds. The summed E-state index contributed by atoms with van der Waals surface area (Å²) in [6.45, 7) is 6.42. The maximum Gasteiger partial charge on any atom is 0.131 e. The highest BCUT2D eigenvalue weighted by atomic mass is 15.0. The molecule has 0 saturated heterocycles. The maximum absolute atomic E-state index is 5.52. The van der Waals surface area contributed by atoms with Crippen LogP contribution in [0.5, 0.6) is 0 Å². The number of hydrogen-bond acceptors (Lipinski definition) is 4. The fourth-order valence-electron chi connectivity index (χ4n) is 0.851. The van der Waals surface area contributed by atoms with E-state index in [2.05, 4.69) is 36.1 Å². The zero-order valence-electron chi connectivity index (χ0n) is 8.28. The molecule has 0 saturated carbocycles. The monoisotopic (exact) mass is 180 g/mol. The van der Waals surface area contributed by atoms with E-state index in [-0.39, 0.29) is 0 Å². The van der Waals surface area contributed by atoms with Gasteiger partial charge in [-0.3, -0.25) is 0 Å². The number of nitrogens with zero attached hydrogens (tertiary/aromatic N) is 2. The van der Waals surface area contributed by atoms with E-state index in [0.717, 1.165) is 5.82 Å². The third-order valence-corrected chi connectivity index (χ3v) is 2.06. The highest BCUT2D eigenvalue weighted by molar-refractivity contribution is 5.43. The van der Waals surface area contributed by atoms with Crippen molar-refractivity contribution in [1.29, 1.82) is 0 Å². The Morgan fingerprint density at radius 2 is 2.00 bits per heavy atom. The first-order valence-corrected chi connectivity index (χ1v) is 4.43. The molecule has 1 aromatic heterocycles. The van der Waals surface area contributed by atoms with Gasteiger partial charge in [0.15, 0.2) is 0 Å². The highest BCUT2D eigenvalue weighted by Crippen LogP contribution is 2.10. The van der Waals surface area contributed by atoms with E-state index in [1.54, 1.807) is 6.07 Å². The van der Waals surface area contributed by atoms with Gasteiger partial charge in [0.2, 0.25) is 0 Å². The van der Waals surface area contributed by atoms with Gasteiger partial charge in [-0.05, 0) is 12.8 Å². The van der Waals surface area contributed by atoms with Crippen LogP contribution in [0.15, 0.2) is 12.4 Å². The summed E-state index contributed by atoms with van der Waals surface area (Å²) in [5, 5.41) is 3.25. The molecule has 1 aromatic rings. The molecular weight excluding hydrogens is 164 g/mol. The van der Waals surface area contributed by atoms with Crippen molar-refractivity contribution in [1.82, 2.24) is 9.97 Å². The minimum Gasteiger partial charge on any atom is -0.384 e. The van der Waals surface area contributed by atoms with Crippen molar-refractivity contribution in [3.63, 3.8) is 0 Å². The molecule has 0 radical (unpaired) electrons. The van der Waals surface area contributed by atoms with Gasteiger partial charge < -0.3 is 11.1 Å². The van der Waals surface area contributed by atoms with Crippen LogP contribution in [0, 0.1) is 5.92 Å². The second kappa shape index (κ2) is 4.07. The average Bonchev–Trinajstić information content (AvgIpc) is 2.04. The third-order valence-electron chi connectivity index (χ3n) is 2.06. The number of nitrogen functional groups attached to an aromatic ring is 1. The fraction of sp³-hybridized carbons (Fsp3) is 0.556. The molecule has 4 nitrogen and oxygen atoms in total. The van der Waals surface area contributed by atoms with Crippen LogP contribution < -0.4 is 11.1 Å². The minimum atomic E-state index is 0.384. The molecule has 0 fully saturated rings. The van der Waals surface area contributed by atoms with Crippen LogP contribution in [0.25, 0.3) is 0 Å². The zero-order chi connectivity index (χ0) is 9.84. The summed E-state index contributed by atoms with van der Waals surface area (Å²) < 4.78 is 0. The summed E-state index contributed by atoms with van der Waals surface area (Å²) in [6.07, 6.45) is 1.46. The molecule has 0 aromatic carbocycles. The quantitative estimate of drug-likeness (QED) is 0.740. The molecule has 1 atom stereocenters. The minimum absolute atomic E-state index is 0.384. The second-order valence-electron chi connectivity index (χ2n) is 3.51. The van der Waals surface area contributed by atoms with E-state index in [1.807, 2.05) is 0 Å². The van der Waals surface area contributed by atoms with Crippen LogP contribution in [0.3, 0.4) is 0 Å². The lowest BCUT2D eigenvalue weighted by Crippen LogP contribution is -2.22. The molecule has 0 aliphatic heterocycles. The van der Waals surface area contributed by atoms with E-state index in [9.17, 15) is 0 Å². The van der Waals surface area contributed by atoms with Crippen LogP contribution in [-0.2, 0) is 0 Å². The average molecular weight is 180 g/mol. The molecule has 0 spiro atoms. The van der Waals surface area contributed by atoms with E-state index in [4.69, 9.17) is 5.73 Å². The summed E-state index contributed by atoms with van der Waals surface area (Å²) in [6, 6.07) is 2.12. The molecule has 1 rings (SSSR count). The lowest BCUT2D eigenvalue weighted by Gasteiger charge is -2.17. The summed E-state index contributed by atoms with van der Waals surface area (Å²) >= 11 is 0.